The Bertz CT molecular complexity index is 733. The lowest BCUT2D eigenvalue weighted by atomic mass is 10.3. The maximum absolute atomic E-state index is 11.6. The lowest BCUT2D eigenvalue weighted by Crippen LogP contribution is -2.33. The van der Waals surface area contributed by atoms with Crippen molar-refractivity contribution < 1.29 is 0 Å². The number of rotatable bonds is 2. The van der Waals surface area contributed by atoms with Crippen molar-refractivity contribution in [2.45, 2.75) is 0 Å². The van der Waals surface area contributed by atoms with E-state index in [2.05, 4.69) is 26.3 Å². The lowest BCUT2D eigenvalue weighted by Gasteiger charge is -2.12. The highest BCUT2D eigenvalue weighted by Gasteiger charge is 2.10. The highest BCUT2D eigenvalue weighted by Crippen LogP contribution is 2.33. The molecule has 0 amide bonds. The van der Waals surface area contributed by atoms with E-state index in [-0.39, 0.29) is 14.5 Å². The van der Waals surface area contributed by atoms with Crippen LogP contribution in [0.4, 0.5) is 5.69 Å². The monoisotopic (exact) mass is 383 g/mol. The Hall–Kier alpha value is -0.950. The zero-order valence-electron chi connectivity index (χ0n) is 9.01. The van der Waals surface area contributed by atoms with Crippen molar-refractivity contribution in [3.05, 3.63) is 58.7 Å². The minimum atomic E-state index is -0.657. The number of benzene rings is 1. The highest BCUT2D eigenvalue weighted by molar-refractivity contribution is 9.10. The van der Waals surface area contributed by atoms with Gasteiger partial charge in [-0.05, 0) is 28.1 Å². The molecule has 0 saturated carbocycles. The quantitative estimate of drug-likeness (QED) is 0.835. The third-order valence-electron chi connectivity index (χ3n) is 2.14. The number of nitrogens with one attached hydrogen (secondary N) is 2. The van der Waals surface area contributed by atoms with E-state index in [1.54, 1.807) is 0 Å². The van der Waals surface area contributed by atoms with Gasteiger partial charge in [-0.3, -0.25) is 15.2 Å². The number of hydrogen-bond donors (Lipinski definition) is 2. The van der Waals surface area contributed by atoms with E-state index in [1.165, 1.54) is 18.3 Å². The fourth-order valence-electron chi connectivity index (χ4n) is 1.30. The zero-order valence-corrected chi connectivity index (χ0v) is 12.9. The van der Waals surface area contributed by atoms with E-state index in [0.29, 0.717) is 10.7 Å². The Morgan fingerprint density at radius 3 is 2.32 bits per heavy atom. The fraction of sp³-hybridized carbons (Fsp3) is 0. The summed E-state index contributed by atoms with van der Waals surface area (Å²) in [5.74, 6) is 0. The van der Waals surface area contributed by atoms with E-state index in [9.17, 15) is 9.59 Å². The van der Waals surface area contributed by atoms with Gasteiger partial charge in [0.25, 0.3) is 5.56 Å². The molecule has 0 spiro atoms. The molecule has 0 aliphatic carbocycles. The first-order chi connectivity index (χ1) is 8.88. The van der Waals surface area contributed by atoms with E-state index < -0.39 is 11.2 Å². The van der Waals surface area contributed by atoms with Crippen LogP contribution < -0.4 is 16.7 Å². The van der Waals surface area contributed by atoms with Crippen LogP contribution in [0.1, 0.15) is 0 Å². The molecule has 100 valence electrons. The Morgan fingerprint density at radius 1 is 1.16 bits per heavy atom. The van der Waals surface area contributed by atoms with Gasteiger partial charge in [-0.2, -0.15) is 0 Å². The largest absolute Gasteiger partial charge is 0.347 e. The molecule has 1 aromatic carbocycles. The fourth-order valence-corrected chi connectivity index (χ4v) is 2.51. The predicted molar refractivity (Wildman–Crippen MR) is 79.5 cm³/mol. The van der Waals surface area contributed by atoms with Gasteiger partial charge in [0.2, 0.25) is 0 Å². The molecule has 2 rings (SSSR count). The summed E-state index contributed by atoms with van der Waals surface area (Å²) >= 11 is 20.7. The second kappa shape index (κ2) is 5.58. The topological polar surface area (TPSA) is 66.9 Å². The Labute approximate surface area is 130 Å². The third-order valence-corrected chi connectivity index (χ3v) is 3.52. The Balaban J connectivity index is 2.51. The van der Waals surface area contributed by atoms with Crippen molar-refractivity contribution in [2.24, 2.45) is 0 Å². The molecule has 2 N–H and O–H groups in total. The van der Waals surface area contributed by atoms with Gasteiger partial charge in [0.1, 0.15) is 4.47 Å². The smallest absolute Gasteiger partial charge is 0.287 e. The molecule has 2 aromatic rings. The van der Waals surface area contributed by atoms with Crippen molar-refractivity contribution in [1.82, 2.24) is 9.66 Å². The number of aromatic nitrogens is 2. The number of aromatic amines is 1. The molecule has 0 atom stereocenters. The number of anilines is 1. The minimum absolute atomic E-state index is 0.181. The van der Waals surface area contributed by atoms with E-state index in [1.807, 2.05) is 0 Å². The van der Waals surface area contributed by atoms with Crippen LogP contribution in [0.5, 0.6) is 0 Å². The van der Waals surface area contributed by atoms with Gasteiger partial charge in [0.05, 0.1) is 21.9 Å². The molecule has 0 unspecified atom stereocenters. The van der Waals surface area contributed by atoms with Crippen molar-refractivity contribution >= 4 is 56.4 Å². The highest BCUT2D eigenvalue weighted by atomic mass is 79.9. The average molecular weight is 385 g/mol. The Morgan fingerprint density at radius 2 is 1.74 bits per heavy atom. The van der Waals surface area contributed by atoms with Crippen molar-refractivity contribution in [2.75, 3.05) is 5.43 Å². The van der Waals surface area contributed by atoms with Crippen LogP contribution >= 0.6 is 50.7 Å². The van der Waals surface area contributed by atoms with Gasteiger partial charge >= 0.3 is 5.69 Å². The zero-order chi connectivity index (χ0) is 14.2. The first-order valence-electron chi connectivity index (χ1n) is 4.81. The molecule has 1 aromatic heterocycles. The molecule has 1 heterocycles. The van der Waals surface area contributed by atoms with Crippen LogP contribution in [0.15, 0.2) is 32.4 Å². The van der Waals surface area contributed by atoms with Gasteiger partial charge in [-0.25, -0.2) is 9.47 Å². The summed E-state index contributed by atoms with van der Waals surface area (Å²) in [4.78, 5) is 24.9. The van der Waals surface area contributed by atoms with Crippen LogP contribution in [0, 0.1) is 0 Å². The molecule has 0 aliphatic heterocycles. The summed E-state index contributed by atoms with van der Waals surface area (Å²) in [5, 5.41) is 0.856. The van der Waals surface area contributed by atoms with E-state index in [0.717, 1.165) is 4.68 Å². The van der Waals surface area contributed by atoms with Gasteiger partial charge in [0, 0.05) is 5.02 Å². The molecule has 0 bridgehead atoms. The number of H-pyrrole nitrogens is 1. The second-order valence-corrected chi connectivity index (χ2v) is 5.57. The van der Waals surface area contributed by atoms with Gasteiger partial charge in [-0.15, -0.1) is 0 Å². The van der Waals surface area contributed by atoms with Gasteiger partial charge in [0.15, 0.2) is 0 Å². The summed E-state index contributed by atoms with van der Waals surface area (Å²) in [5.41, 5.74) is 1.80. The summed E-state index contributed by atoms with van der Waals surface area (Å²) in [7, 11) is 0. The summed E-state index contributed by atoms with van der Waals surface area (Å²) in [6.45, 7) is 0. The molecule has 0 aliphatic rings. The van der Waals surface area contributed by atoms with Crippen molar-refractivity contribution in [3.8, 4) is 0 Å². The van der Waals surface area contributed by atoms with Crippen LogP contribution in [-0.2, 0) is 0 Å². The van der Waals surface area contributed by atoms with Crippen molar-refractivity contribution in [3.63, 3.8) is 0 Å². The van der Waals surface area contributed by atoms with Crippen LogP contribution in [0.3, 0.4) is 0 Å². The standard InChI is InChI=1S/C10H5BrCl3N3O2/c11-5-3-17(10(19)15-9(5)18)16-8-6(13)1-4(12)2-7(8)14/h1-3,16H,(H,15,18,19). The number of nitrogens with zero attached hydrogens (tertiary/aromatic N) is 1. The van der Waals surface area contributed by atoms with Crippen LogP contribution in [-0.4, -0.2) is 9.66 Å². The van der Waals surface area contributed by atoms with E-state index in [4.69, 9.17) is 34.8 Å². The third kappa shape index (κ3) is 3.14. The van der Waals surface area contributed by atoms with Crippen LogP contribution in [0.2, 0.25) is 15.1 Å². The molecule has 5 nitrogen and oxygen atoms in total. The molecule has 9 heteroatoms. The summed E-state index contributed by atoms with van der Waals surface area (Å²) in [6, 6.07) is 2.95. The average Bonchev–Trinajstić information content (AvgIpc) is 2.29. The molecular formula is C10H5BrCl3N3O2. The maximum Gasteiger partial charge on any atom is 0.347 e. The normalized spacial score (nSPS) is 10.5. The summed E-state index contributed by atoms with van der Waals surface area (Å²) in [6.07, 6.45) is 1.27. The second-order valence-electron chi connectivity index (χ2n) is 3.46. The molecule has 0 saturated heterocycles. The first-order valence-corrected chi connectivity index (χ1v) is 6.74. The molecule has 0 fully saturated rings. The number of halogens is 4. The Kier molecular flexibility index (Phi) is 4.25. The maximum atomic E-state index is 11.6. The first kappa shape index (κ1) is 14.5. The van der Waals surface area contributed by atoms with E-state index >= 15 is 0 Å². The predicted octanol–water partition coefficient (Wildman–Crippen LogP) is 3.13. The van der Waals surface area contributed by atoms with Gasteiger partial charge in [-0.1, -0.05) is 34.8 Å². The SMILES string of the molecule is O=c1[nH]c(=O)n(Nc2c(Cl)cc(Cl)cc2Cl)cc1Br. The van der Waals surface area contributed by atoms with Crippen LogP contribution in [0.25, 0.3) is 0 Å². The number of hydrogen-bond acceptors (Lipinski definition) is 3. The lowest BCUT2D eigenvalue weighted by molar-refractivity contribution is 0.824. The molecule has 19 heavy (non-hydrogen) atoms. The van der Waals surface area contributed by atoms with Gasteiger partial charge < -0.3 is 0 Å². The molecular weight excluding hydrogens is 380 g/mol. The summed E-state index contributed by atoms with van der Waals surface area (Å²) < 4.78 is 1.22. The molecule has 0 radical (unpaired) electrons. The minimum Gasteiger partial charge on any atom is -0.287 e. The van der Waals surface area contributed by atoms with Crippen molar-refractivity contribution in [1.29, 1.82) is 0 Å².